The first kappa shape index (κ1) is 13.2. The van der Waals surface area contributed by atoms with E-state index in [-0.39, 0.29) is 11.7 Å². The topological polar surface area (TPSA) is 54.2 Å². The van der Waals surface area contributed by atoms with Crippen molar-refractivity contribution in [3.8, 4) is 11.5 Å². The van der Waals surface area contributed by atoms with Gasteiger partial charge in [-0.15, -0.1) is 0 Å². The van der Waals surface area contributed by atoms with Gasteiger partial charge in [-0.25, -0.2) is 4.39 Å². The molecule has 2 heterocycles. The van der Waals surface area contributed by atoms with E-state index >= 15 is 0 Å². The molecule has 0 saturated carbocycles. The lowest BCUT2D eigenvalue weighted by Crippen LogP contribution is -2.43. The number of hydrogen-bond acceptors (Lipinski definition) is 5. The molecule has 1 aliphatic heterocycles. The van der Waals surface area contributed by atoms with Gasteiger partial charge < -0.3 is 9.84 Å². The highest BCUT2D eigenvalue weighted by Crippen LogP contribution is 2.22. The van der Waals surface area contributed by atoms with Crippen LogP contribution in [0.4, 0.5) is 4.39 Å². The number of aromatic nitrogens is 2. The molecule has 1 aromatic carbocycles. The first-order valence-corrected chi connectivity index (χ1v) is 6.74. The number of nitrogens with one attached hydrogen (secondary N) is 1. The second-order valence-electron chi connectivity index (χ2n) is 5.03. The Morgan fingerprint density at radius 1 is 1.35 bits per heavy atom. The third-order valence-electron chi connectivity index (χ3n) is 3.40. The number of rotatable bonds is 3. The van der Waals surface area contributed by atoms with Gasteiger partial charge in [0.2, 0.25) is 0 Å². The van der Waals surface area contributed by atoms with Crippen LogP contribution in [0.25, 0.3) is 11.5 Å². The minimum Gasteiger partial charge on any atom is -0.334 e. The van der Waals surface area contributed by atoms with Crippen LogP contribution in [0, 0.1) is 12.7 Å². The summed E-state index contributed by atoms with van der Waals surface area (Å²) in [6.07, 6.45) is 0. The molecule has 1 N–H and O–H groups in total. The molecule has 5 nitrogen and oxygen atoms in total. The number of halogens is 1. The fourth-order valence-electron chi connectivity index (χ4n) is 2.30. The summed E-state index contributed by atoms with van der Waals surface area (Å²) in [6.45, 7) is 6.40. The normalized spacial score (nSPS) is 16.5. The van der Waals surface area contributed by atoms with Crippen molar-refractivity contribution in [1.29, 1.82) is 0 Å². The molecule has 0 atom stereocenters. The molecule has 0 unspecified atom stereocenters. The standard InChI is InChI=1S/C14H17FN4O/c1-10-2-3-12(15)11(8-10)14-17-13(18-20-14)9-19-6-4-16-5-7-19/h2-3,8,16H,4-7,9H2,1H3. The van der Waals surface area contributed by atoms with E-state index in [1.54, 1.807) is 12.1 Å². The second kappa shape index (κ2) is 5.68. The summed E-state index contributed by atoms with van der Waals surface area (Å²) in [5.74, 6) is 0.507. The second-order valence-corrected chi connectivity index (χ2v) is 5.03. The number of hydrogen-bond donors (Lipinski definition) is 1. The van der Waals surface area contributed by atoms with Gasteiger partial charge in [0.1, 0.15) is 5.82 Å². The molecule has 1 saturated heterocycles. The van der Waals surface area contributed by atoms with E-state index in [2.05, 4.69) is 20.4 Å². The van der Waals surface area contributed by atoms with Gasteiger partial charge in [0.15, 0.2) is 5.82 Å². The monoisotopic (exact) mass is 276 g/mol. The molecular weight excluding hydrogens is 259 g/mol. The maximum atomic E-state index is 13.8. The van der Waals surface area contributed by atoms with Crippen LogP contribution >= 0.6 is 0 Å². The van der Waals surface area contributed by atoms with Crippen molar-refractivity contribution in [2.24, 2.45) is 0 Å². The molecular formula is C14H17FN4O. The van der Waals surface area contributed by atoms with Crippen LogP contribution in [0.15, 0.2) is 22.7 Å². The maximum absolute atomic E-state index is 13.8. The highest BCUT2D eigenvalue weighted by molar-refractivity contribution is 5.55. The molecule has 0 bridgehead atoms. The van der Waals surface area contributed by atoms with Crippen LogP contribution in [-0.4, -0.2) is 41.2 Å². The molecule has 3 rings (SSSR count). The molecule has 1 aliphatic rings. The molecule has 106 valence electrons. The van der Waals surface area contributed by atoms with Crippen molar-refractivity contribution in [2.45, 2.75) is 13.5 Å². The number of piperazine rings is 1. The zero-order chi connectivity index (χ0) is 13.9. The predicted octanol–water partition coefficient (Wildman–Crippen LogP) is 1.59. The van der Waals surface area contributed by atoms with E-state index in [1.165, 1.54) is 6.07 Å². The predicted molar refractivity (Wildman–Crippen MR) is 72.6 cm³/mol. The molecule has 1 fully saturated rings. The molecule has 1 aromatic heterocycles. The maximum Gasteiger partial charge on any atom is 0.260 e. The molecule has 2 aromatic rings. The van der Waals surface area contributed by atoms with Crippen LogP contribution < -0.4 is 5.32 Å². The van der Waals surface area contributed by atoms with E-state index in [4.69, 9.17) is 4.52 Å². The summed E-state index contributed by atoms with van der Waals surface area (Å²) >= 11 is 0. The highest BCUT2D eigenvalue weighted by atomic mass is 19.1. The fraction of sp³-hybridized carbons (Fsp3) is 0.429. The molecule has 6 heteroatoms. The van der Waals surface area contributed by atoms with Gasteiger partial charge in [-0.05, 0) is 19.1 Å². The Balaban J connectivity index is 1.77. The van der Waals surface area contributed by atoms with Gasteiger partial charge >= 0.3 is 0 Å². The van der Waals surface area contributed by atoms with E-state index in [1.807, 2.05) is 6.92 Å². The summed E-state index contributed by atoms with van der Waals surface area (Å²) in [4.78, 5) is 6.54. The summed E-state index contributed by atoms with van der Waals surface area (Å²) in [5, 5.41) is 7.23. The average molecular weight is 276 g/mol. The molecule has 0 spiro atoms. The Hall–Kier alpha value is -1.79. The minimum absolute atomic E-state index is 0.247. The van der Waals surface area contributed by atoms with E-state index in [0.29, 0.717) is 17.9 Å². The molecule has 20 heavy (non-hydrogen) atoms. The van der Waals surface area contributed by atoms with Crippen LogP contribution in [0.2, 0.25) is 0 Å². The van der Waals surface area contributed by atoms with Crippen molar-refractivity contribution in [1.82, 2.24) is 20.4 Å². The van der Waals surface area contributed by atoms with Gasteiger partial charge in [0.25, 0.3) is 5.89 Å². The Morgan fingerprint density at radius 3 is 2.95 bits per heavy atom. The molecule has 0 amide bonds. The quantitative estimate of drug-likeness (QED) is 0.922. The van der Waals surface area contributed by atoms with Gasteiger partial charge in [-0.1, -0.05) is 16.8 Å². The fourth-order valence-corrected chi connectivity index (χ4v) is 2.30. The van der Waals surface area contributed by atoms with Crippen LogP contribution in [0.5, 0.6) is 0 Å². The average Bonchev–Trinajstić information content (AvgIpc) is 2.91. The first-order chi connectivity index (χ1) is 9.72. The van der Waals surface area contributed by atoms with Gasteiger partial charge in [-0.2, -0.15) is 4.98 Å². The number of aryl methyl sites for hydroxylation is 1. The van der Waals surface area contributed by atoms with Crippen molar-refractivity contribution < 1.29 is 8.91 Å². The SMILES string of the molecule is Cc1ccc(F)c(-c2nc(CN3CCNCC3)no2)c1. The summed E-state index contributed by atoms with van der Waals surface area (Å²) in [7, 11) is 0. The minimum atomic E-state index is -0.340. The zero-order valence-electron chi connectivity index (χ0n) is 11.4. The van der Waals surface area contributed by atoms with Gasteiger partial charge in [-0.3, -0.25) is 4.90 Å². The third kappa shape index (κ3) is 2.86. The Kier molecular flexibility index (Phi) is 3.75. The van der Waals surface area contributed by atoms with Crippen LogP contribution in [0.1, 0.15) is 11.4 Å². The Bertz CT molecular complexity index is 593. The Morgan fingerprint density at radius 2 is 2.15 bits per heavy atom. The molecule has 0 aliphatic carbocycles. The smallest absolute Gasteiger partial charge is 0.260 e. The van der Waals surface area contributed by atoms with Crippen molar-refractivity contribution >= 4 is 0 Å². The summed E-state index contributed by atoms with van der Waals surface area (Å²) in [6, 6.07) is 4.86. The van der Waals surface area contributed by atoms with E-state index < -0.39 is 0 Å². The van der Waals surface area contributed by atoms with Crippen molar-refractivity contribution in [3.63, 3.8) is 0 Å². The van der Waals surface area contributed by atoms with Crippen LogP contribution in [0.3, 0.4) is 0 Å². The van der Waals surface area contributed by atoms with Gasteiger partial charge in [0.05, 0.1) is 12.1 Å². The lowest BCUT2D eigenvalue weighted by Gasteiger charge is -2.25. The first-order valence-electron chi connectivity index (χ1n) is 6.74. The van der Waals surface area contributed by atoms with Gasteiger partial charge in [0, 0.05) is 26.2 Å². The Labute approximate surface area is 116 Å². The van der Waals surface area contributed by atoms with E-state index in [0.717, 1.165) is 31.7 Å². The number of nitrogens with zero attached hydrogens (tertiary/aromatic N) is 3. The number of benzene rings is 1. The van der Waals surface area contributed by atoms with E-state index in [9.17, 15) is 4.39 Å². The lowest BCUT2D eigenvalue weighted by atomic mass is 10.1. The lowest BCUT2D eigenvalue weighted by molar-refractivity contribution is 0.225. The summed E-state index contributed by atoms with van der Waals surface area (Å²) < 4.78 is 19.0. The summed E-state index contributed by atoms with van der Waals surface area (Å²) in [5.41, 5.74) is 1.33. The van der Waals surface area contributed by atoms with Crippen molar-refractivity contribution in [3.05, 3.63) is 35.4 Å². The largest absolute Gasteiger partial charge is 0.334 e. The third-order valence-corrected chi connectivity index (χ3v) is 3.40. The molecule has 0 radical (unpaired) electrons. The zero-order valence-corrected chi connectivity index (χ0v) is 11.4. The van der Waals surface area contributed by atoms with Crippen molar-refractivity contribution in [2.75, 3.05) is 26.2 Å². The highest BCUT2D eigenvalue weighted by Gasteiger charge is 2.16. The van der Waals surface area contributed by atoms with Crippen LogP contribution in [-0.2, 0) is 6.54 Å².